The van der Waals surface area contributed by atoms with Crippen molar-refractivity contribution in [3.8, 4) is 5.75 Å². The first-order chi connectivity index (χ1) is 15.4. The molecule has 0 aromatic heterocycles. The van der Waals surface area contributed by atoms with Crippen LogP contribution in [0, 0.1) is 11.8 Å². The Labute approximate surface area is 191 Å². The molecule has 2 aliphatic carbocycles. The molecule has 0 N–H and O–H groups in total. The van der Waals surface area contributed by atoms with Crippen molar-refractivity contribution in [3.63, 3.8) is 0 Å². The Kier molecular flexibility index (Phi) is 8.71. The maximum absolute atomic E-state index is 13.8. The Morgan fingerprint density at radius 1 is 1.06 bits per heavy atom. The molecule has 0 spiro atoms. The van der Waals surface area contributed by atoms with Gasteiger partial charge in [0, 0.05) is 24.8 Å². The number of nitrogens with zero attached hydrogens (tertiary/aromatic N) is 1. The Balaban J connectivity index is 1.95. The van der Waals surface area contributed by atoms with E-state index in [2.05, 4.69) is 13.8 Å². The van der Waals surface area contributed by atoms with Crippen molar-refractivity contribution in [2.45, 2.75) is 84.1 Å². The molecule has 0 heterocycles. The van der Waals surface area contributed by atoms with Gasteiger partial charge in [-0.3, -0.25) is 9.59 Å². The van der Waals surface area contributed by atoms with Gasteiger partial charge >= 0.3 is 5.97 Å². The van der Waals surface area contributed by atoms with Crippen molar-refractivity contribution in [1.82, 2.24) is 0 Å². The largest absolute Gasteiger partial charge is 0.494 e. The highest BCUT2D eigenvalue weighted by molar-refractivity contribution is 6.04. The summed E-state index contributed by atoms with van der Waals surface area (Å²) in [5.74, 6) is 1.03. The number of unbranched alkanes of at least 4 members (excludes halogenated alkanes) is 1. The predicted molar refractivity (Wildman–Crippen MR) is 124 cm³/mol. The van der Waals surface area contributed by atoms with Crippen LogP contribution in [0.3, 0.4) is 0 Å². The summed E-state index contributed by atoms with van der Waals surface area (Å²) in [6.45, 7) is 4.90. The molecule has 2 fully saturated rings. The summed E-state index contributed by atoms with van der Waals surface area (Å²) in [5, 5.41) is 0. The van der Waals surface area contributed by atoms with E-state index in [1.54, 1.807) is 6.07 Å². The highest BCUT2D eigenvalue weighted by Crippen LogP contribution is 2.36. The van der Waals surface area contributed by atoms with Crippen LogP contribution in [-0.4, -0.2) is 37.4 Å². The number of benzene rings is 1. The number of amides is 1. The summed E-state index contributed by atoms with van der Waals surface area (Å²) in [6, 6.07) is 5.24. The van der Waals surface area contributed by atoms with Gasteiger partial charge in [0.1, 0.15) is 11.5 Å². The minimum absolute atomic E-state index is 0.0465. The highest BCUT2D eigenvalue weighted by atomic mass is 16.5. The van der Waals surface area contributed by atoms with Gasteiger partial charge < -0.3 is 14.4 Å². The molecule has 0 aliphatic heterocycles. The lowest BCUT2D eigenvalue weighted by Gasteiger charge is -2.38. The second-order valence-electron chi connectivity index (χ2n) is 9.31. The van der Waals surface area contributed by atoms with E-state index in [0.717, 1.165) is 38.5 Å². The Bertz CT molecular complexity index is 802. The third kappa shape index (κ3) is 5.90. The second kappa shape index (κ2) is 11.5. The molecular weight excluding hydrogens is 406 g/mol. The van der Waals surface area contributed by atoms with E-state index in [0.29, 0.717) is 55.2 Å². The summed E-state index contributed by atoms with van der Waals surface area (Å²) in [5.41, 5.74) is 0.915. The monoisotopic (exact) mass is 443 g/mol. The fourth-order valence-electron chi connectivity index (χ4n) is 4.80. The van der Waals surface area contributed by atoms with Crippen LogP contribution < -0.4 is 9.64 Å². The first-order valence-electron chi connectivity index (χ1n) is 12.1. The number of rotatable bonds is 8. The number of anilines is 1. The van der Waals surface area contributed by atoms with Gasteiger partial charge in [0.15, 0.2) is 0 Å². The van der Waals surface area contributed by atoms with Crippen molar-refractivity contribution in [2.75, 3.05) is 18.6 Å². The molecule has 0 atom stereocenters. The summed E-state index contributed by atoms with van der Waals surface area (Å²) in [7, 11) is 1.35. The lowest BCUT2D eigenvalue weighted by atomic mass is 9.81. The zero-order chi connectivity index (χ0) is 23.1. The first-order valence-corrected chi connectivity index (χ1v) is 12.1. The first kappa shape index (κ1) is 24.3. The van der Waals surface area contributed by atoms with Crippen LogP contribution in [0.25, 0.3) is 0 Å². The molecule has 0 saturated heterocycles. The Morgan fingerprint density at radius 2 is 1.75 bits per heavy atom. The van der Waals surface area contributed by atoms with Gasteiger partial charge in [0.05, 0.1) is 25.0 Å². The number of ketones is 1. The van der Waals surface area contributed by atoms with Crippen molar-refractivity contribution >= 4 is 23.3 Å². The van der Waals surface area contributed by atoms with Crippen molar-refractivity contribution in [2.24, 2.45) is 11.8 Å². The van der Waals surface area contributed by atoms with Crippen LogP contribution in [0.15, 0.2) is 18.2 Å². The van der Waals surface area contributed by atoms with E-state index in [1.165, 1.54) is 7.11 Å². The van der Waals surface area contributed by atoms with Gasteiger partial charge in [-0.2, -0.15) is 0 Å². The molecule has 176 valence electrons. The second-order valence-corrected chi connectivity index (χ2v) is 9.31. The van der Waals surface area contributed by atoms with Crippen LogP contribution in [0.2, 0.25) is 0 Å². The third-order valence-electron chi connectivity index (χ3n) is 6.88. The molecule has 2 aliphatic rings. The van der Waals surface area contributed by atoms with E-state index in [4.69, 9.17) is 9.47 Å². The zero-order valence-corrected chi connectivity index (χ0v) is 19.7. The van der Waals surface area contributed by atoms with Gasteiger partial charge in [-0.15, -0.1) is 0 Å². The van der Waals surface area contributed by atoms with Crippen LogP contribution >= 0.6 is 0 Å². The average Bonchev–Trinajstić information content (AvgIpc) is 2.81. The topological polar surface area (TPSA) is 72.9 Å². The number of carbonyl (C=O) groups excluding carboxylic acids is 3. The summed E-state index contributed by atoms with van der Waals surface area (Å²) in [6.07, 6.45) is 7.97. The van der Waals surface area contributed by atoms with Crippen molar-refractivity contribution in [1.29, 1.82) is 0 Å². The van der Waals surface area contributed by atoms with E-state index in [9.17, 15) is 14.4 Å². The van der Waals surface area contributed by atoms with Crippen molar-refractivity contribution in [3.05, 3.63) is 23.8 Å². The van der Waals surface area contributed by atoms with Gasteiger partial charge in [0.25, 0.3) is 0 Å². The molecule has 1 amide bonds. The van der Waals surface area contributed by atoms with Gasteiger partial charge in [0.2, 0.25) is 5.91 Å². The third-order valence-corrected chi connectivity index (χ3v) is 6.88. The highest BCUT2D eigenvalue weighted by Gasteiger charge is 2.36. The smallest absolute Gasteiger partial charge is 0.340 e. The Morgan fingerprint density at radius 3 is 2.38 bits per heavy atom. The number of ether oxygens (including phenoxy) is 2. The van der Waals surface area contributed by atoms with Gasteiger partial charge in [-0.1, -0.05) is 20.3 Å². The maximum atomic E-state index is 13.8. The van der Waals surface area contributed by atoms with Crippen molar-refractivity contribution < 1.29 is 23.9 Å². The van der Waals surface area contributed by atoms with Gasteiger partial charge in [-0.25, -0.2) is 4.79 Å². The summed E-state index contributed by atoms with van der Waals surface area (Å²) in [4.78, 5) is 40.2. The maximum Gasteiger partial charge on any atom is 0.340 e. The summed E-state index contributed by atoms with van der Waals surface area (Å²) < 4.78 is 10.9. The van der Waals surface area contributed by atoms with Crippen LogP contribution in [0.4, 0.5) is 5.69 Å². The van der Waals surface area contributed by atoms with E-state index < -0.39 is 5.97 Å². The molecule has 1 aromatic rings. The van der Waals surface area contributed by atoms with Crippen LogP contribution in [0.1, 0.15) is 88.4 Å². The SMILES string of the molecule is CCCCOc1ccc(N(C(=O)[C@H]2CC[C@H](C)CC2)C2CCC(=O)CC2)c(C(=O)OC)c1. The van der Waals surface area contributed by atoms with E-state index >= 15 is 0 Å². The normalized spacial score (nSPS) is 21.8. The average molecular weight is 444 g/mol. The van der Waals surface area contributed by atoms with Crippen LogP contribution in [-0.2, 0) is 14.3 Å². The number of methoxy groups -OCH3 is 1. The molecule has 0 unspecified atom stereocenters. The molecular formula is C26H37NO5. The van der Waals surface area contributed by atoms with Crippen LogP contribution in [0.5, 0.6) is 5.75 Å². The molecule has 2 saturated carbocycles. The molecule has 1 aromatic carbocycles. The lowest BCUT2D eigenvalue weighted by molar-refractivity contribution is -0.125. The van der Waals surface area contributed by atoms with Gasteiger partial charge in [-0.05, 0) is 69.1 Å². The molecule has 0 radical (unpaired) electrons. The standard InChI is InChI=1S/C26H37NO5/c1-4-5-16-32-22-14-15-24(23(17-22)26(30)31-3)27(20-10-12-21(28)13-11-20)25(29)19-8-6-18(2)7-9-19/h14-15,17-20H,4-13,16H2,1-3H3/t18-,19-. The zero-order valence-electron chi connectivity index (χ0n) is 19.7. The minimum atomic E-state index is -0.483. The van der Waals surface area contributed by atoms with E-state index in [-0.39, 0.29) is 23.7 Å². The Hall–Kier alpha value is -2.37. The number of Topliss-reactive ketones (excluding diaryl/α,β-unsaturated/α-hetero) is 1. The molecule has 32 heavy (non-hydrogen) atoms. The predicted octanol–water partition coefficient (Wildman–Crippen LogP) is 5.32. The number of hydrogen-bond donors (Lipinski definition) is 0. The fourth-order valence-corrected chi connectivity index (χ4v) is 4.80. The fraction of sp³-hybridized carbons (Fsp3) is 0.654. The lowest BCUT2D eigenvalue weighted by Crippen LogP contribution is -2.47. The summed E-state index contributed by atoms with van der Waals surface area (Å²) >= 11 is 0. The number of esters is 1. The molecule has 0 bridgehead atoms. The molecule has 3 rings (SSSR count). The molecule has 6 heteroatoms. The minimum Gasteiger partial charge on any atom is -0.494 e. The molecule has 6 nitrogen and oxygen atoms in total. The van der Waals surface area contributed by atoms with E-state index in [1.807, 2.05) is 17.0 Å². The quantitative estimate of drug-likeness (QED) is 0.401. The number of carbonyl (C=O) groups is 3. The number of hydrogen-bond acceptors (Lipinski definition) is 5.